The third kappa shape index (κ3) is 7.03. The van der Waals surface area contributed by atoms with Crippen LogP contribution in [0.2, 0.25) is 0 Å². The van der Waals surface area contributed by atoms with Gasteiger partial charge >= 0.3 is 0 Å². The Morgan fingerprint density at radius 1 is 0.865 bits per heavy atom. The van der Waals surface area contributed by atoms with Gasteiger partial charge in [-0.25, -0.2) is 12.7 Å². The fourth-order valence-electron chi connectivity index (χ4n) is 4.06. The zero-order valence-corrected chi connectivity index (χ0v) is 23.2. The number of rotatable bonds is 12. The van der Waals surface area contributed by atoms with E-state index in [1.54, 1.807) is 45.0 Å². The summed E-state index contributed by atoms with van der Waals surface area (Å²) < 4.78 is 45.2. The predicted molar refractivity (Wildman–Crippen MR) is 145 cm³/mol. The van der Waals surface area contributed by atoms with Gasteiger partial charge in [-0.15, -0.1) is 0 Å². The van der Waals surface area contributed by atoms with Crippen LogP contribution in [0.3, 0.4) is 0 Å². The van der Waals surface area contributed by atoms with Gasteiger partial charge in [0.25, 0.3) is 15.9 Å². The maximum atomic E-state index is 13.4. The van der Waals surface area contributed by atoms with Crippen molar-refractivity contribution in [2.75, 3.05) is 26.4 Å². The topological polar surface area (TPSA) is 94.5 Å². The summed E-state index contributed by atoms with van der Waals surface area (Å²) in [5.74, 6) is 1.41. The van der Waals surface area contributed by atoms with E-state index < -0.39 is 26.7 Å². The minimum atomic E-state index is -3.95. The van der Waals surface area contributed by atoms with Crippen LogP contribution in [-0.4, -0.2) is 56.2 Å². The Hall–Kier alpha value is -3.07. The van der Waals surface area contributed by atoms with Crippen molar-refractivity contribution in [3.05, 3.63) is 54.1 Å². The van der Waals surface area contributed by atoms with Crippen molar-refractivity contribution in [2.45, 2.75) is 64.7 Å². The number of hydrogen-bond acceptors (Lipinski definition) is 7. The molecule has 0 bridgehead atoms. The number of aliphatic imine (C=N–C) groups is 1. The van der Waals surface area contributed by atoms with E-state index in [2.05, 4.69) is 4.99 Å². The number of sulfonamides is 1. The van der Waals surface area contributed by atoms with Crippen LogP contribution >= 0.6 is 0 Å². The highest BCUT2D eigenvalue weighted by atomic mass is 32.2. The van der Waals surface area contributed by atoms with Gasteiger partial charge in [0.15, 0.2) is 5.25 Å². The average Bonchev–Trinajstić information content (AvgIpc) is 3.05. The third-order valence-corrected chi connectivity index (χ3v) is 7.88. The highest BCUT2D eigenvalue weighted by molar-refractivity contribution is 7.91. The van der Waals surface area contributed by atoms with Crippen molar-refractivity contribution >= 4 is 21.6 Å². The summed E-state index contributed by atoms with van der Waals surface area (Å²) in [5, 5.41) is -1.12. The fourth-order valence-corrected chi connectivity index (χ4v) is 6.32. The number of benzene rings is 2. The number of amides is 1. The first-order chi connectivity index (χ1) is 17.6. The molecule has 0 spiro atoms. The van der Waals surface area contributed by atoms with Crippen molar-refractivity contribution in [3.8, 4) is 17.2 Å². The Morgan fingerprint density at radius 2 is 1.38 bits per heavy atom. The maximum absolute atomic E-state index is 13.4. The zero-order valence-electron chi connectivity index (χ0n) is 22.4. The van der Waals surface area contributed by atoms with Crippen LogP contribution < -0.4 is 14.2 Å². The molecule has 2 aromatic rings. The molecule has 3 rings (SSSR count). The molecule has 0 aromatic heterocycles. The largest absolute Gasteiger partial charge is 0.493 e. The number of carbonyl (C=O) groups excluding carboxylic acids is 1. The second kappa shape index (κ2) is 12.4. The Labute approximate surface area is 220 Å². The van der Waals surface area contributed by atoms with E-state index >= 15 is 0 Å². The fraction of sp³-hybridized carbons (Fsp3) is 0.500. The summed E-state index contributed by atoms with van der Waals surface area (Å²) in [6.07, 6.45) is 2.28. The summed E-state index contributed by atoms with van der Waals surface area (Å²) in [4.78, 5) is 17.7. The Kier molecular flexibility index (Phi) is 9.59. The Balaban J connectivity index is 1.73. The van der Waals surface area contributed by atoms with Gasteiger partial charge in [-0.2, -0.15) is 0 Å². The molecule has 0 aliphatic carbocycles. The van der Waals surface area contributed by atoms with Crippen molar-refractivity contribution in [1.82, 2.24) is 4.31 Å². The van der Waals surface area contributed by atoms with Gasteiger partial charge < -0.3 is 14.2 Å². The average molecular weight is 531 g/mol. The molecule has 1 heterocycles. The molecule has 2 aromatic carbocycles. The van der Waals surface area contributed by atoms with Gasteiger partial charge in [-0.1, -0.05) is 44.2 Å². The van der Waals surface area contributed by atoms with Crippen molar-refractivity contribution in [3.63, 3.8) is 0 Å². The van der Waals surface area contributed by atoms with Gasteiger partial charge in [0.05, 0.1) is 25.4 Å². The van der Waals surface area contributed by atoms with Crippen LogP contribution in [0.4, 0.5) is 0 Å². The van der Waals surface area contributed by atoms with Crippen molar-refractivity contribution in [2.24, 2.45) is 4.99 Å². The predicted octanol–water partition coefficient (Wildman–Crippen LogP) is 5.19. The normalized spacial score (nSPS) is 18.3. The van der Waals surface area contributed by atoms with Gasteiger partial charge in [0, 0.05) is 31.2 Å². The number of carbonyl (C=O) groups is 1. The molecule has 1 aliphatic heterocycles. The Morgan fingerprint density at radius 3 is 1.86 bits per heavy atom. The van der Waals surface area contributed by atoms with Gasteiger partial charge in [0.2, 0.25) is 0 Å². The summed E-state index contributed by atoms with van der Waals surface area (Å²) in [6, 6.07) is 14.2. The van der Waals surface area contributed by atoms with Gasteiger partial charge in [0.1, 0.15) is 23.0 Å². The second-order valence-electron chi connectivity index (χ2n) is 9.88. The molecule has 0 radical (unpaired) electrons. The SMILES string of the molecule is CCCOc1cc(OCCC)cc(OCCCN=C2C(=O)N(C(C)(C)C)S(=O)(=O)C2c2ccccc2)c1. The van der Waals surface area contributed by atoms with Crippen molar-refractivity contribution < 1.29 is 27.4 Å². The van der Waals surface area contributed by atoms with Crippen LogP contribution in [-0.2, 0) is 14.8 Å². The molecule has 1 aliphatic rings. The molecule has 0 N–H and O–H groups in total. The van der Waals surface area contributed by atoms with E-state index in [0.29, 0.717) is 49.1 Å². The van der Waals surface area contributed by atoms with Gasteiger partial charge in [-0.05, 0) is 39.2 Å². The summed E-state index contributed by atoms with van der Waals surface area (Å²) in [6.45, 7) is 11.0. The molecule has 0 saturated carbocycles. The zero-order chi connectivity index (χ0) is 27.1. The lowest BCUT2D eigenvalue weighted by molar-refractivity contribution is -0.122. The lowest BCUT2D eigenvalue weighted by Crippen LogP contribution is -2.45. The number of hydrogen-bond donors (Lipinski definition) is 0. The summed E-state index contributed by atoms with van der Waals surface area (Å²) in [5.41, 5.74) is -0.321. The molecule has 9 heteroatoms. The molecule has 1 unspecified atom stereocenters. The van der Waals surface area contributed by atoms with Gasteiger partial charge in [-0.3, -0.25) is 9.79 Å². The summed E-state index contributed by atoms with van der Waals surface area (Å²) >= 11 is 0. The smallest absolute Gasteiger partial charge is 0.283 e. The van der Waals surface area contributed by atoms with E-state index in [0.717, 1.165) is 17.1 Å². The third-order valence-electron chi connectivity index (χ3n) is 5.57. The van der Waals surface area contributed by atoms with Crippen LogP contribution in [0.1, 0.15) is 64.7 Å². The molecular formula is C28H38N2O6S. The minimum Gasteiger partial charge on any atom is -0.493 e. The number of nitrogens with zero attached hydrogens (tertiary/aromatic N) is 2. The molecular weight excluding hydrogens is 492 g/mol. The highest BCUT2D eigenvalue weighted by Gasteiger charge is 2.54. The molecule has 8 nitrogen and oxygen atoms in total. The molecule has 202 valence electrons. The Bertz CT molecular complexity index is 1160. The molecule has 1 amide bonds. The highest BCUT2D eigenvalue weighted by Crippen LogP contribution is 2.38. The lowest BCUT2D eigenvalue weighted by Gasteiger charge is -2.30. The molecule has 37 heavy (non-hydrogen) atoms. The molecule has 1 atom stereocenters. The van der Waals surface area contributed by atoms with E-state index in [1.165, 1.54) is 0 Å². The summed E-state index contributed by atoms with van der Waals surface area (Å²) in [7, 11) is -3.95. The molecule has 1 saturated heterocycles. The molecule has 1 fully saturated rings. The first-order valence-electron chi connectivity index (χ1n) is 12.8. The lowest BCUT2D eigenvalue weighted by atomic mass is 10.1. The van der Waals surface area contributed by atoms with E-state index in [-0.39, 0.29) is 12.3 Å². The maximum Gasteiger partial charge on any atom is 0.283 e. The first-order valence-corrected chi connectivity index (χ1v) is 14.3. The quantitative estimate of drug-likeness (QED) is 0.351. The van der Waals surface area contributed by atoms with E-state index in [4.69, 9.17) is 14.2 Å². The van der Waals surface area contributed by atoms with Crippen LogP contribution in [0, 0.1) is 0 Å². The van der Waals surface area contributed by atoms with Crippen LogP contribution in [0.15, 0.2) is 53.5 Å². The van der Waals surface area contributed by atoms with E-state index in [9.17, 15) is 13.2 Å². The monoisotopic (exact) mass is 530 g/mol. The first kappa shape index (κ1) is 28.5. The standard InChI is InChI=1S/C28H38N2O6S/c1-6-15-34-22-18-23(35-16-7-2)20-24(19-22)36-17-11-14-29-25-26(21-12-9-8-10-13-21)37(32,33)30(27(25)31)28(3,4)5/h8-10,12-13,18-20,26H,6-7,11,14-17H2,1-5H3. The van der Waals surface area contributed by atoms with Crippen LogP contribution in [0.5, 0.6) is 17.2 Å². The second-order valence-corrected chi connectivity index (χ2v) is 11.7. The van der Waals surface area contributed by atoms with Crippen molar-refractivity contribution in [1.29, 1.82) is 0 Å². The number of ether oxygens (including phenoxy) is 3. The van der Waals surface area contributed by atoms with E-state index in [1.807, 2.05) is 38.1 Å². The minimum absolute atomic E-state index is 0.0475. The van der Waals surface area contributed by atoms with Crippen LogP contribution in [0.25, 0.3) is 0 Å².